The topological polar surface area (TPSA) is 118 Å². The Morgan fingerprint density at radius 2 is 0.960 bits per heavy atom. The molecule has 0 aliphatic heterocycles. The van der Waals surface area contributed by atoms with E-state index < -0.39 is 26.5 Å². The number of hydrogen-bond donors (Lipinski definition) is 0. The van der Waals surface area contributed by atoms with Gasteiger partial charge in [-0.1, -0.05) is 0 Å². The predicted octanol–water partition coefficient (Wildman–Crippen LogP) is 3.56. The highest BCUT2D eigenvalue weighted by Crippen LogP contribution is 2.42. The Morgan fingerprint density at radius 3 is 1.20 bits per heavy atom. The average Bonchev–Trinajstić information content (AvgIpc) is 3.38. The maximum Gasteiger partial charge on any atom is 0.538 e. The van der Waals surface area contributed by atoms with Gasteiger partial charge in [-0.05, 0) is 36.4 Å². The van der Waals surface area contributed by atoms with Crippen molar-refractivity contribution in [3.63, 3.8) is 0 Å². The molecule has 0 aromatic carbocycles. The molecule has 0 unspecified atom stereocenters. The summed E-state index contributed by atoms with van der Waals surface area (Å²) in [5.41, 5.74) is 0. The van der Waals surface area contributed by atoms with E-state index in [0.29, 0.717) is 0 Å². The molecule has 0 aliphatic carbocycles. The lowest BCUT2D eigenvalue weighted by molar-refractivity contribution is 0.0508. The molecule has 0 fully saturated rings. The molecule has 3 aromatic heterocycles. The van der Waals surface area contributed by atoms with Crippen LogP contribution in [-0.2, 0) is 13.6 Å². The van der Waals surface area contributed by atoms with Crippen molar-refractivity contribution in [3.05, 3.63) is 72.5 Å². The highest BCUT2D eigenvalue weighted by atomic mass is 31.2. The van der Waals surface area contributed by atoms with Crippen LogP contribution in [0.3, 0.4) is 0 Å². The van der Waals surface area contributed by atoms with Crippen LogP contribution in [0.4, 0.5) is 0 Å². The van der Waals surface area contributed by atoms with Gasteiger partial charge in [0, 0.05) is 0 Å². The van der Waals surface area contributed by atoms with E-state index in [1.807, 2.05) is 0 Å². The van der Waals surface area contributed by atoms with E-state index in [9.17, 15) is 14.4 Å². The first-order valence-corrected chi connectivity index (χ1v) is 7.80. The van der Waals surface area contributed by atoms with Crippen LogP contribution in [0, 0.1) is 0 Å². The Hall–Kier alpha value is -3.32. The van der Waals surface area contributed by atoms with Gasteiger partial charge in [0.25, 0.3) is 0 Å². The van der Waals surface area contributed by atoms with Crippen LogP contribution < -0.4 is 0 Å². The molecule has 0 amide bonds. The highest BCUT2D eigenvalue weighted by molar-refractivity contribution is 7.43. The SMILES string of the molecule is O=C(OP(OC(=O)c1ccco1)OC(=O)c1ccco1)c1ccco1. The van der Waals surface area contributed by atoms with E-state index in [1.54, 1.807) is 0 Å². The van der Waals surface area contributed by atoms with E-state index in [4.69, 9.17) is 26.8 Å². The van der Waals surface area contributed by atoms with Crippen molar-refractivity contribution in [2.24, 2.45) is 0 Å². The van der Waals surface area contributed by atoms with E-state index in [-0.39, 0.29) is 17.3 Å². The monoisotopic (exact) mass is 364 g/mol. The van der Waals surface area contributed by atoms with Crippen molar-refractivity contribution in [2.75, 3.05) is 0 Å². The number of carbonyl (C=O) groups excluding carboxylic acids is 3. The molecule has 0 N–H and O–H groups in total. The van der Waals surface area contributed by atoms with Gasteiger partial charge in [-0.2, -0.15) is 0 Å². The van der Waals surface area contributed by atoms with Crippen molar-refractivity contribution < 1.29 is 41.2 Å². The number of furan rings is 3. The van der Waals surface area contributed by atoms with Gasteiger partial charge in [-0.15, -0.1) is 0 Å². The third-order valence-electron chi connectivity index (χ3n) is 2.64. The molecule has 0 bridgehead atoms. The largest absolute Gasteiger partial charge is 0.538 e. The summed E-state index contributed by atoms with van der Waals surface area (Å²) in [6, 6.07) is 8.38. The highest BCUT2D eigenvalue weighted by Gasteiger charge is 2.31. The minimum absolute atomic E-state index is 0.157. The summed E-state index contributed by atoms with van der Waals surface area (Å²) in [5, 5.41) is 0. The molecule has 0 atom stereocenters. The molecule has 3 heterocycles. The van der Waals surface area contributed by atoms with Gasteiger partial charge in [0.15, 0.2) is 0 Å². The average molecular weight is 364 g/mol. The van der Waals surface area contributed by atoms with Crippen LogP contribution in [0.25, 0.3) is 0 Å². The van der Waals surface area contributed by atoms with Gasteiger partial charge < -0.3 is 26.8 Å². The smallest absolute Gasteiger partial charge is 0.457 e. The van der Waals surface area contributed by atoms with Gasteiger partial charge in [-0.25, -0.2) is 14.4 Å². The van der Waals surface area contributed by atoms with Gasteiger partial charge in [0.05, 0.1) is 18.8 Å². The molecule has 0 spiro atoms. The molecular formula is C15H9O9P. The third kappa shape index (κ3) is 4.15. The molecular weight excluding hydrogens is 355 g/mol. The summed E-state index contributed by atoms with van der Waals surface area (Å²) in [6.45, 7) is 0. The lowest BCUT2D eigenvalue weighted by atomic mass is 10.5. The van der Waals surface area contributed by atoms with Crippen molar-refractivity contribution in [2.45, 2.75) is 0 Å². The Morgan fingerprint density at radius 1 is 0.640 bits per heavy atom. The molecule has 9 nitrogen and oxygen atoms in total. The molecule has 0 aliphatic rings. The quantitative estimate of drug-likeness (QED) is 0.605. The maximum absolute atomic E-state index is 11.9. The molecule has 10 heteroatoms. The Balaban J connectivity index is 1.71. The second-order valence-corrected chi connectivity index (χ2v) is 5.29. The van der Waals surface area contributed by atoms with Crippen LogP contribution in [0.5, 0.6) is 0 Å². The van der Waals surface area contributed by atoms with Gasteiger partial charge in [0.1, 0.15) is 0 Å². The van der Waals surface area contributed by atoms with E-state index in [2.05, 4.69) is 0 Å². The second kappa shape index (κ2) is 7.50. The standard InChI is InChI=1S/C15H9O9P/c16-13(10-4-1-7-19-10)22-25(23-14(17)11-5-2-8-20-11)24-15(18)12-6-3-9-21-12/h1-9H. The number of hydrogen-bond acceptors (Lipinski definition) is 9. The number of rotatable bonds is 6. The first-order valence-electron chi connectivity index (χ1n) is 6.71. The molecule has 3 rings (SSSR count). The molecule has 25 heavy (non-hydrogen) atoms. The summed E-state index contributed by atoms with van der Waals surface area (Å²) in [4.78, 5) is 35.8. The van der Waals surface area contributed by atoms with Gasteiger partial charge in [0.2, 0.25) is 17.3 Å². The second-order valence-electron chi connectivity index (χ2n) is 4.29. The Kier molecular flexibility index (Phi) is 4.96. The molecule has 0 radical (unpaired) electrons. The lowest BCUT2D eigenvalue weighted by Gasteiger charge is -2.12. The fourth-order valence-corrected chi connectivity index (χ4v) is 2.37. The van der Waals surface area contributed by atoms with Crippen molar-refractivity contribution in [3.8, 4) is 0 Å². The summed E-state index contributed by atoms with van der Waals surface area (Å²) in [7, 11) is -2.72. The Bertz CT molecular complexity index is 719. The minimum atomic E-state index is -2.72. The van der Waals surface area contributed by atoms with Crippen LogP contribution >= 0.6 is 8.60 Å². The lowest BCUT2D eigenvalue weighted by Crippen LogP contribution is -2.10. The predicted molar refractivity (Wildman–Crippen MR) is 79.3 cm³/mol. The van der Waals surface area contributed by atoms with Crippen LogP contribution in [0.2, 0.25) is 0 Å². The van der Waals surface area contributed by atoms with Crippen molar-refractivity contribution >= 4 is 26.5 Å². The van der Waals surface area contributed by atoms with E-state index >= 15 is 0 Å². The molecule has 0 saturated heterocycles. The fourth-order valence-electron chi connectivity index (χ4n) is 1.58. The summed E-state index contributed by atoms with van der Waals surface area (Å²) >= 11 is 0. The zero-order valence-electron chi connectivity index (χ0n) is 12.3. The first kappa shape index (κ1) is 16.5. The first-order chi connectivity index (χ1) is 12.1. The summed E-state index contributed by atoms with van der Waals surface area (Å²) in [6.07, 6.45) is 3.76. The summed E-state index contributed by atoms with van der Waals surface area (Å²) in [5.74, 6) is -3.40. The molecule has 128 valence electrons. The van der Waals surface area contributed by atoms with Gasteiger partial charge in [-0.3, -0.25) is 0 Å². The third-order valence-corrected chi connectivity index (χ3v) is 3.58. The van der Waals surface area contributed by atoms with Crippen molar-refractivity contribution in [1.82, 2.24) is 0 Å². The van der Waals surface area contributed by atoms with E-state index in [1.165, 1.54) is 55.2 Å². The maximum atomic E-state index is 11.9. The normalized spacial score (nSPS) is 10.4. The van der Waals surface area contributed by atoms with Crippen LogP contribution in [0.15, 0.2) is 68.4 Å². The van der Waals surface area contributed by atoms with E-state index in [0.717, 1.165) is 0 Å². The fraction of sp³-hybridized carbons (Fsp3) is 0. The number of carbonyl (C=O) groups is 3. The minimum Gasteiger partial charge on any atom is -0.457 e. The Labute approximate surface area is 141 Å². The van der Waals surface area contributed by atoms with Crippen LogP contribution in [0.1, 0.15) is 31.7 Å². The van der Waals surface area contributed by atoms with Gasteiger partial charge >= 0.3 is 26.5 Å². The zero-order chi connectivity index (χ0) is 17.6. The summed E-state index contributed by atoms with van der Waals surface area (Å²) < 4.78 is 29.3. The van der Waals surface area contributed by atoms with Crippen LogP contribution in [-0.4, -0.2) is 17.9 Å². The van der Waals surface area contributed by atoms with Crippen molar-refractivity contribution in [1.29, 1.82) is 0 Å². The zero-order valence-corrected chi connectivity index (χ0v) is 13.2. The molecule has 3 aromatic rings. The molecule has 0 saturated carbocycles.